The maximum atomic E-state index is 5.32. The fourth-order valence-electron chi connectivity index (χ4n) is 4.26. The summed E-state index contributed by atoms with van der Waals surface area (Å²) in [4.78, 5) is 21.2. The normalized spacial score (nSPS) is 16.5. The van der Waals surface area contributed by atoms with E-state index in [1.807, 2.05) is 30.6 Å². The highest BCUT2D eigenvalue weighted by molar-refractivity contribution is 5.97. The number of pyridine rings is 1. The Balaban J connectivity index is 1.25. The van der Waals surface area contributed by atoms with Crippen LogP contribution in [-0.2, 0) is 19.5 Å². The number of ether oxygens (including phenoxy) is 1. The van der Waals surface area contributed by atoms with Crippen molar-refractivity contribution in [2.24, 2.45) is 4.99 Å². The van der Waals surface area contributed by atoms with Gasteiger partial charge in [0.1, 0.15) is 5.75 Å². The van der Waals surface area contributed by atoms with Crippen LogP contribution in [-0.4, -0.2) is 45.8 Å². The maximum Gasteiger partial charge on any atom is 0.173 e. The van der Waals surface area contributed by atoms with Gasteiger partial charge < -0.3 is 4.74 Å². The molecule has 0 N–H and O–H groups in total. The van der Waals surface area contributed by atoms with Gasteiger partial charge in [-0.05, 0) is 43.0 Å². The van der Waals surface area contributed by atoms with Crippen LogP contribution in [0.2, 0.25) is 0 Å². The van der Waals surface area contributed by atoms with E-state index in [9.17, 15) is 0 Å². The summed E-state index contributed by atoms with van der Waals surface area (Å²) in [7, 11) is 1.68. The zero-order valence-electron chi connectivity index (χ0n) is 17.9. The fourth-order valence-corrected chi connectivity index (χ4v) is 4.26. The van der Waals surface area contributed by atoms with E-state index >= 15 is 0 Å². The van der Waals surface area contributed by atoms with E-state index in [2.05, 4.69) is 38.1 Å². The molecular weight excluding hydrogens is 386 g/mol. The van der Waals surface area contributed by atoms with Crippen LogP contribution in [0.5, 0.6) is 5.75 Å². The molecule has 0 radical (unpaired) electrons. The van der Waals surface area contributed by atoms with Crippen molar-refractivity contribution < 1.29 is 4.74 Å². The van der Waals surface area contributed by atoms with E-state index in [-0.39, 0.29) is 0 Å². The topological polar surface area (TPSA) is 63.5 Å². The number of methoxy groups -OCH3 is 1. The lowest BCUT2D eigenvalue weighted by Gasteiger charge is -2.28. The Morgan fingerprint density at radius 2 is 2.00 bits per heavy atom. The summed E-state index contributed by atoms with van der Waals surface area (Å²) in [5.74, 6) is 1.68. The van der Waals surface area contributed by atoms with Crippen molar-refractivity contribution in [3.8, 4) is 17.0 Å². The Hall–Kier alpha value is -3.12. The van der Waals surface area contributed by atoms with Gasteiger partial charge in [0, 0.05) is 56.1 Å². The smallest absolute Gasteiger partial charge is 0.173 e. The van der Waals surface area contributed by atoms with Gasteiger partial charge in [0.05, 0.1) is 24.2 Å². The number of aliphatic imine (C=N–C) groups is 1. The first-order valence-corrected chi connectivity index (χ1v) is 11.0. The SMILES string of the molecule is COc1cccc(-c2ccc(CN3CCc4nc(C5=NCCCC5)ncc4C3)cn2)c1. The largest absolute Gasteiger partial charge is 0.497 e. The van der Waals surface area contributed by atoms with Gasteiger partial charge in [0.25, 0.3) is 0 Å². The first-order valence-electron chi connectivity index (χ1n) is 11.0. The highest BCUT2D eigenvalue weighted by Gasteiger charge is 2.20. The third-order valence-electron chi connectivity index (χ3n) is 5.99. The number of nitrogens with zero attached hydrogens (tertiary/aromatic N) is 5. The van der Waals surface area contributed by atoms with Gasteiger partial charge in [-0.15, -0.1) is 0 Å². The van der Waals surface area contributed by atoms with Crippen LogP contribution in [0.1, 0.15) is 41.9 Å². The Morgan fingerprint density at radius 3 is 2.81 bits per heavy atom. The van der Waals surface area contributed by atoms with E-state index in [0.717, 1.165) is 67.6 Å². The van der Waals surface area contributed by atoms with Crippen molar-refractivity contribution in [3.05, 3.63) is 71.4 Å². The molecule has 0 amide bonds. The third kappa shape index (κ3) is 4.49. The lowest BCUT2D eigenvalue weighted by Crippen LogP contribution is -2.31. The van der Waals surface area contributed by atoms with Crippen molar-refractivity contribution in [2.45, 2.75) is 38.8 Å². The molecule has 3 aromatic rings. The molecule has 158 valence electrons. The fraction of sp³-hybridized carbons (Fsp3) is 0.360. The molecule has 2 aliphatic rings. The number of hydrogen-bond donors (Lipinski definition) is 0. The van der Waals surface area contributed by atoms with Crippen LogP contribution in [0.4, 0.5) is 0 Å². The lowest BCUT2D eigenvalue weighted by atomic mass is 10.0. The summed E-state index contributed by atoms with van der Waals surface area (Å²) in [6, 6.07) is 12.3. The van der Waals surface area contributed by atoms with Crippen LogP contribution < -0.4 is 4.74 Å². The molecule has 0 bridgehead atoms. The summed E-state index contributed by atoms with van der Waals surface area (Å²) in [5.41, 5.74) is 6.72. The third-order valence-corrected chi connectivity index (χ3v) is 5.99. The van der Waals surface area contributed by atoms with E-state index in [1.165, 1.54) is 29.7 Å². The number of benzene rings is 1. The van der Waals surface area contributed by atoms with E-state index in [4.69, 9.17) is 9.72 Å². The van der Waals surface area contributed by atoms with Crippen LogP contribution >= 0.6 is 0 Å². The first kappa shape index (κ1) is 19.8. The Bertz CT molecular complexity index is 1090. The second-order valence-electron chi connectivity index (χ2n) is 8.20. The molecule has 0 unspecified atom stereocenters. The molecule has 4 heterocycles. The number of hydrogen-bond acceptors (Lipinski definition) is 6. The molecule has 0 saturated carbocycles. The van der Waals surface area contributed by atoms with Gasteiger partial charge in [-0.25, -0.2) is 9.97 Å². The monoisotopic (exact) mass is 413 g/mol. The predicted octanol–water partition coefficient (Wildman–Crippen LogP) is 4.08. The van der Waals surface area contributed by atoms with Crippen LogP contribution in [0.25, 0.3) is 11.3 Å². The zero-order valence-corrected chi connectivity index (χ0v) is 17.9. The van der Waals surface area contributed by atoms with E-state index in [1.54, 1.807) is 7.11 Å². The van der Waals surface area contributed by atoms with Crippen molar-refractivity contribution in [3.63, 3.8) is 0 Å². The molecule has 0 aliphatic carbocycles. The average molecular weight is 414 g/mol. The minimum Gasteiger partial charge on any atom is -0.497 e. The molecule has 5 rings (SSSR count). The van der Waals surface area contributed by atoms with Crippen molar-refractivity contribution in [2.75, 3.05) is 20.2 Å². The molecule has 0 spiro atoms. The number of aromatic nitrogens is 3. The summed E-state index contributed by atoms with van der Waals surface area (Å²) >= 11 is 0. The second kappa shape index (κ2) is 8.94. The van der Waals surface area contributed by atoms with E-state index in [0.29, 0.717) is 0 Å². The molecule has 0 fully saturated rings. The van der Waals surface area contributed by atoms with Gasteiger partial charge in [-0.2, -0.15) is 0 Å². The highest BCUT2D eigenvalue weighted by atomic mass is 16.5. The van der Waals surface area contributed by atoms with Gasteiger partial charge in [0.15, 0.2) is 5.82 Å². The Morgan fingerprint density at radius 1 is 1.03 bits per heavy atom. The van der Waals surface area contributed by atoms with E-state index < -0.39 is 0 Å². The molecule has 2 aliphatic heterocycles. The lowest BCUT2D eigenvalue weighted by molar-refractivity contribution is 0.242. The molecule has 0 atom stereocenters. The highest BCUT2D eigenvalue weighted by Crippen LogP contribution is 2.23. The minimum absolute atomic E-state index is 0.837. The molecule has 0 saturated heterocycles. The molecule has 6 heteroatoms. The maximum absolute atomic E-state index is 5.32. The van der Waals surface area contributed by atoms with Gasteiger partial charge in [0.2, 0.25) is 0 Å². The van der Waals surface area contributed by atoms with Crippen molar-refractivity contribution in [1.29, 1.82) is 0 Å². The van der Waals surface area contributed by atoms with Crippen molar-refractivity contribution >= 4 is 5.71 Å². The van der Waals surface area contributed by atoms with Crippen LogP contribution in [0, 0.1) is 0 Å². The van der Waals surface area contributed by atoms with Gasteiger partial charge >= 0.3 is 0 Å². The molecule has 31 heavy (non-hydrogen) atoms. The Kier molecular flexibility index (Phi) is 5.71. The van der Waals surface area contributed by atoms with Gasteiger partial charge in [-0.3, -0.25) is 14.9 Å². The summed E-state index contributed by atoms with van der Waals surface area (Å²) in [5, 5.41) is 0. The molecular formula is C25H27N5O. The summed E-state index contributed by atoms with van der Waals surface area (Å²) in [6.07, 6.45) is 8.31. The second-order valence-corrected chi connectivity index (χ2v) is 8.20. The quantitative estimate of drug-likeness (QED) is 0.631. The minimum atomic E-state index is 0.837. The zero-order chi connectivity index (χ0) is 21.0. The molecule has 2 aromatic heterocycles. The summed E-state index contributed by atoms with van der Waals surface area (Å²) < 4.78 is 5.32. The van der Waals surface area contributed by atoms with Crippen molar-refractivity contribution in [1.82, 2.24) is 19.9 Å². The molecule has 6 nitrogen and oxygen atoms in total. The van der Waals surface area contributed by atoms with Crippen LogP contribution in [0.15, 0.2) is 53.8 Å². The predicted molar refractivity (Wildman–Crippen MR) is 121 cm³/mol. The summed E-state index contributed by atoms with van der Waals surface area (Å²) in [6.45, 7) is 3.65. The first-order chi connectivity index (χ1) is 15.3. The number of fused-ring (bicyclic) bond motifs is 1. The standard InChI is InChI=1S/C25H27N5O/c1-31-21-6-4-5-19(13-21)22-9-8-18(14-27-22)16-30-12-10-23-20(17-30)15-28-25(29-23)24-7-2-3-11-26-24/h4-6,8-9,13-15H,2-3,7,10-12,16-17H2,1H3. The molecule has 1 aromatic carbocycles. The number of rotatable bonds is 5. The van der Waals surface area contributed by atoms with Crippen LogP contribution in [0.3, 0.4) is 0 Å². The average Bonchev–Trinajstić information content (AvgIpc) is 2.85. The Labute approximate surface area is 183 Å². The van der Waals surface area contributed by atoms with Gasteiger partial charge in [-0.1, -0.05) is 18.2 Å².